The van der Waals surface area contributed by atoms with Gasteiger partial charge >= 0.3 is 7.82 Å². The highest BCUT2D eigenvalue weighted by molar-refractivity contribution is 7.47. The maximum Gasteiger partial charge on any atom is 0.472 e. The number of amides is 1. The van der Waals surface area contributed by atoms with Crippen molar-refractivity contribution in [3.05, 3.63) is 24.3 Å². The standard InChI is InChI=1S/C56H111N2O6P/c1-6-8-10-12-14-16-18-20-22-24-26-27-28-29-30-32-33-35-37-39-41-43-45-47-49-55(59)54(53-64-65(61,62)63-52-51-58(3,4)5)57-56(60)50-48-46-44-42-40-38-36-34-31-25-23-21-19-17-15-13-11-9-7-2/h15,17,19,21,54-55,59H,6-14,16,18,20,22-53H2,1-5H3,(H-,57,60,61,62)/p+1/b17-15-,21-19-. The summed E-state index contributed by atoms with van der Waals surface area (Å²) in [5.41, 5.74) is 0. The molecule has 3 atom stereocenters. The predicted octanol–water partition coefficient (Wildman–Crippen LogP) is 16.8. The predicted molar refractivity (Wildman–Crippen MR) is 281 cm³/mol. The number of quaternary nitrogens is 1. The summed E-state index contributed by atoms with van der Waals surface area (Å²) in [6.45, 7) is 4.89. The fraction of sp³-hybridized carbons (Fsp3) is 0.911. The summed E-state index contributed by atoms with van der Waals surface area (Å²) in [4.78, 5) is 23.3. The van der Waals surface area contributed by atoms with Gasteiger partial charge in [-0.25, -0.2) is 4.57 Å². The van der Waals surface area contributed by atoms with Crippen LogP contribution in [0.15, 0.2) is 24.3 Å². The lowest BCUT2D eigenvalue weighted by Gasteiger charge is -2.26. The Bertz CT molecular complexity index is 1110. The quantitative estimate of drug-likeness (QED) is 0.0243. The van der Waals surface area contributed by atoms with E-state index in [1.807, 2.05) is 21.1 Å². The molecule has 0 fully saturated rings. The molecule has 3 unspecified atom stereocenters. The number of hydrogen-bond acceptors (Lipinski definition) is 5. The van der Waals surface area contributed by atoms with E-state index in [9.17, 15) is 19.4 Å². The van der Waals surface area contributed by atoms with Crippen molar-refractivity contribution >= 4 is 13.7 Å². The van der Waals surface area contributed by atoms with E-state index >= 15 is 0 Å². The largest absolute Gasteiger partial charge is 0.472 e. The summed E-state index contributed by atoms with van der Waals surface area (Å²) in [5, 5.41) is 14.1. The molecule has 3 N–H and O–H groups in total. The van der Waals surface area contributed by atoms with Crippen LogP contribution in [0.5, 0.6) is 0 Å². The number of phosphoric acid groups is 1. The molecule has 0 saturated carbocycles. The molecule has 0 aliphatic rings. The van der Waals surface area contributed by atoms with Gasteiger partial charge in [-0.1, -0.05) is 256 Å². The summed E-state index contributed by atoms with van der Waals surface area (Å²) in [7, 11) is 1.62. The lowest BCUT2D eigenvalue weighted by molar-refractivity contribution is -0.870. The second kappa shape index (κ2) is 48.0. The molecule has 0 spiro atoms. The fourth-order valence-electron chi connectivity index (χ4n) is 8.51. The van der Waals surface area contributed by atoms with Gasteiger partial charge in [-0.15, -0.1) is 0 Å². The molecule has 0 rings (SSSR count). The Morgan fingerprint density at radius 2 is 0.862 bits per heavy atom. The normalized spacial score (nSPS) is 14.1. The van der Waals surface area contributed by atoms with Crippen molar-refractivity contribution in [2.75, 3.05) is 40.9 Å². The lowest BCUT2D eigenvalue weighted by Crippen LogP contribution is -2.46. The van der Waals surface area contributed by atoms with Gasteiger partial charge in [0.05, 0.1) is 39.9 Å². The Morgan fingerprint density at radius 1 is 0.523 bits per heavy atom. The zero-order valence-corrected chi connectivity index (χ0v) is 44.9. The van der Waals surface area contributed by atoms with E-state index in [1.54, 1.807) is 0 Å². The van der Waals surface area contributed by atoms with E-state index in [-0.39, 0.29) is 19.1 Å². The van der Waals surface area contributed by atoms with Gasteiger partial charge in [0.2, 0.25) is 5.91 Å². The van der Waals surface area contributed by atoms with Gasteiger partial charge in [-0.3, -0.25) is 13.8 Å². The number of phosphoric ester groups is 1. The molecule has 0 heterocycles. The number of rotatable bonds is 52. The molecule has 8 nitrogen and oxygen atoms in total. The minimum atomic E-state index is -4.32. The van der Waals surface area contributed by atoms with Crippen molar-refractivity contribution in [2.24, 2.45) is 0 Å². The minimum absolute atomic E-state index is 0.0752. The summed E-state index contributed by atoms with van der Waals surface area (Å²) in [6.07, 6.45) is 59.4. The zero-order chi connectivity index (χ0) is 47.8. The lowest BCUT2D eigenvalue weighted by atomic mass is 10.0. The van der Waals surface area contributed by atoms with Crippen LogP contribution in [0, 0.1) is 0 Å². The van der Waals surface area contributed by atoms with Crippen LogP contribution in [0.25, 0.3) is 0 Å². The van der Waals surface area contributed by atoms with Crippen LogP contribution >= 0.6 is 7.82 Å². The van der Waals surface area contributed by atoms with E-state index in [0.717, 1.165) is 38.5 Å². The van der Waals surface area contributed by atoms with Crippen LogP contribution in [0.4, 0.5) is 0 Å². The van der Waals surface area contributed by atoms with Crippen molar-refractivity contribution in [3.8, 4) is 0 Å². The summed E-state index contributed by atoms with van der Waals surface area (Å²) < 4.78 is 23.8. The number of carbonyl (C=O) groups is 1. The highest BCUT2D eigenvalue weighted by Crippen LogP contribution is 2.43. The van der Waals surface area contributed by atoms with Gasteiger partial charge in [0.25, 0.3) is 0 Å². The third-order valence-corrected chi connectivity index (χ3v) is 14.0. The molecule has 0 radical (unpaired) electrons. The third kappa shape index (κ3) is 50.7. The number of likely N-dealkylation sites (N-methyl/N-ethyl adjacent to an activating group) is 1. The molecule has 0 aromatic carbocycles. The minimum Gasteiger partial charge on any atom is -0.391 e. The van der Waals surface area contributed by atoms with Crippen LogP contribution in [0.2, 0.25) is 0 Å². The molecule has 1 amide bonds. The van der Waals surface area contributed by atoms with E-state index in [1.165, 1.54) is 212 Å². The van der Waals surface area contributed by atoms with Gasteiger partial charge < -0.3 is 19.8 Å². The van der Waals surface area contributed by atoms with Crippen LogP contribution in [0.1, 0.15) is 277 Å². The number of hydrogen-bond donors (Lipinski definition) is 3. The van der Waals surface area contributed by atoms with Gasteiger partial charge in [-0.2, -0.15) is 0 Å². The fourth-order valence-corrected chi connectivity index (χ4v) is 9.25. The van der Waals surface area contributed by atoms with Crippen molar-refractivity contribution in [1.82, 2.24) is 5.32 Å². The van der Waals surface area contributed by atoms with E-state index < -0.39 is 20.0 Å². The van der Waals surface area contributed by atoms with Crippen molar-refractivity contribution in [2.45, 2.75) is 289 Å². The summed E-state index contributed by atoms with van der Waals surface area (Å²) >= 11 is 0. The Morgan fingerprint density at radius 3 is 1.26 bits per heavy atom. The molecule has 0 bridgehead atoms. The van der Waals surface area contributed by atoms with Crippen LogP contribution in [-0.4, -0.2) is 73.4 Å². The molecular weight excluding hydrogens is 828 g/mol. The topological polar surface area (TPSA) is 105 Å². The molecule has 386 valence electrons. The van der Waals surface area contributed by atoms with Gasteiger partial charge in [0.1, 0.15) is 13.2 Å². The number of nitrogens with zero attached hydrogens (tertiary/aromatic N) is 1. The maximum absolute atomic E-state index is 13.0. The molecule has 0 saturated heterocycles. The SMILES string of the molecule is CCCCC/C=C\C=C/CCCCCCCCCCCCC(=O)NC(COP(=O)(O)OCC[N+](C)(C)C)C(O)CCCCCCCCCCCCCCCCCCCCCCCCCC. The van der Waals surface area contributed by atoms with Crippen LogP contribution in [-0.2, 0) is 18.4 Å². The number of unbranched alkanes of at least 4 members (excludes halogenated alkanes) is 36. The molecular formula is C56H112N2O6P+. The molecule has 0 aliphatic heterocycles. The smallest absolute Gasteiger partial charge is 0.391 e. The van der Waals surface area contributed by atoms with Crippen LogP contribution < -0.4 is 5.32 Å². The van der Waals surface area contributed by atoms with E-state index in [2.05, 4.69) is 43.5 Å². The van der Waals surface area contributed by atoms with Gasteiger partial charge in [0.15, 0.2) is 0 Å². The molecule has 0 aromatic rings. The Labute approximate surface area is 404 Å². The Kier molecular flexibility index (Phi) is 47.3. The average Bonchev–Trinajstić information content (AvgIpc) is 3.26. The molecule has 0 aliphatic carbocycles. The first-order valence-corrected chi connectivity index (χ1v) is 29.7. The van der Waals surface area contributed by atoms with Gasteiger partial charge in [0, 0.05) is 6.42 Å². The number of nitrogens with one attached hydrogen (secondary N) is 1. The van der Waals surface area contributed by atoms with Crippen LogP contribution in [0.3, 0.4) is 0 Å². The zero-order valence-electron chi connectivity index (χ0n) is 44.0. The average molecular weight is 940 g/mol. The van der Waals surface area contributed by atoms with Crippen molar-refractivity contribution < 1.29 is 32.9 Å². The van der Waals surface area contributed by atoms with Gasteiger partial charge in [-0.05, 0) is 38.5 Å². The number of aliphatic hydroxyl groups is 1. The third-order valence-electron chi connectivity index (χ3n) is 13.0. The maximum atomic E-state index is 13.0. The first-order chi connectivity index (χ1) is 31.5. The number of allylic oxidation sites excluding steroid dienone is 4. The molecule has 0 aromatic heterocycles. The highest BCUT2D eigenvalue weighted by Gasteiger charge is 2.28. The van der Waals surface area contributed by atoms with Crippen molar-refractivity contribution in [3.63, 3.8) is 0 Å². The Hall–Kier alpha value is -1.02. The van der Waals surface area contributed by atoms with Crippen molar-refractivity contribution in [1.29, 1.82) is 0 Å². The van der Waals surface area contributed by atoms with E-state index in [4.69, 9.17) is 9.05 Å². The highest BCUT2D eigenvalue weighted by atomic mass is 31.2. The number of aliphatic hydroxyl groups excluding tert-OH is 1. The second-order valence-corrected chi connectivity index (χ2v) is 22.2. The summed E-state index contributed by atoms with van der Waals surface area (Å²) in [6, 6.07) is -0.761. The molecule has 65 heavy (non-hydrogen) atoms. The monoisotopic (exact) mass is 940 g/mol. The first-order valence-electron chi connectivity index (χ1n) is 28.2. The van der Waals surface area contributed by atoms with E-state index in [0.29, 0.717) is 23.9 Å². The second-order valence-electron chi connectivity index (χ2n) is 20.7. The Balaban J connectivity index is 4.17. The molecule has 9 heteroatoms. The summed E-state index contributed by atoms with van der Waals surface area (Å²) in [5.74, 6) is -0.145. The first kappa shape index (κ1) is 64.0. The number of carbonyl (C=O) groups excluding carboxylic acids is 1.